The van der Waals surface area contributed by atoms with Crippen molar-refractivity contribution in [3.05, 3.63) is 78.4 Å². The highest BCUT2D eigenvalue weighted by Gasteiger charge is 2.44. The van der Waals surface area contributed by atoms with Crippen LogP contribution in [0.3, 0.4) is 0 Å². The molecule has 2 unspecified atom stereocenters. The Morgan fingerprint density at radius 2 is 1.73 bits per heavy atom. The Bertz CT molecular complexity index is 1390. The number of carbonyl (C=O) groups excluding carboxylic acids is 1. The fourth-order valence-electron chi connectivity index (χ4n) is 3.99. The SMILES string of the molecule is O=C(COc1ccc(C=Cc2ccccc2)cc1)Nc1ncnc2c1ncn2[C@@H]1O[C@H](CO)C(O)C1O. The predicted molar refractivity (Wildman–Crippen MR) is 134 cm³/mol. The van der Waals surface area contributed by atoms with E-state index in [4.69, 9.17) is 9.47 Å². The van der Waals surface area contributed by atoms with Crippen molar-refractivity contribution in [3.63, 3.8) is 0 Å². The van der Waals surface area contributed by atoms with E-state index in [1.807, 2.05) is 54.6 Å². The standard InChI is InChI=1S/C26H25N5O6/c32-12-19-22(34)23(35)26(37-19)31-15-29-21-24(27-14-28-25(21)31)30-20(33)13-36-18-10-8-17(9-11-18)7-6-16-4-2-1-3-5-16/h1-11,14-15,19,22-23,26,32,34-35H,12-13H2,(H,27,28,30,33)/t19-,22?,23?,26-/m1/s1. The van der Waals surface area contributed by atoms with E-state index in [9.17, 15) is 20.1 Å². The molecule has 3 heterocycles. The third kappa shape index (κ3) is 5.34. The van der Waals surface area contributed by atoms with E-state index in [0.29, 0.717) is 5.75 Å². The molecule has 0 saturated carbocycles. The normalized spacial score (nSPS) is 21.5. The maximum Gasteiger partial charge on any atom is 0.263 e. The largest absolute Gasteiger partial charge is 0.484 e. The minimum absolute atomic E-state index is 0.158. The molecular weight excluding hydrogens is 478 g/mol. The van der Waals surface area contributed by atoms with Crippen molar-refractivity contribution >= 4 is 35.0 Å². The van der Waals surface area contributed by atoms with Crippen LogP contribution in [0.1, 0.15) is 17.4 Å². The maximum atomic E-state index is 12.5. The highest BCUT2D eigenvalue weighted by molar-refractivity contribution is 5.97. The molecule has 4 N–H and O–H groups in total. The van der Waals surface area contributed by atoms with Crippen LogP contribution in [-0.4, -0.2) is 72.3 Å². The topological polar surface area (TPSA) is 152 Å². The zero-order valence-corrected chi connectivity index (χ0v) is 19.6. The van der Waals surface area contributed by atoms with Crippen LogP contribution in [-0.2, 0) is 9.53 Å². The van der Waals surface area contributed by atoms with Crippen molar-refractivity contribution < 1.29 is 29.6 Å². The summed E-state index contributed by atoms with van der Waals surface area (Å²) in [6.45, 7) is -0.703. The van der Waals surface area contributed by atoms with E-state index in [2.05, 4.69) is 20.3 Å². The summed E-state index contributed by atoms with van der Waals surface area (Å²) in [5.74, 6) is 0.245. The molecule has 1 saturated heterocycles. The Hall–Kier alpha value is -4.16. The highest BCUT2D eigenvalue weighted by atomic mass is 16.6. The second-order valence-electron chi connectivity index (χ2n) is 8.43. The van der Waals surface area contributed by atoms with Gasteiger partial charge in [-0.2, -0.15) is 0 Å². The molecule has 2 aromatic carbocycles. The van der Waals surface area contributed by atoms with E-state index in [1.165, 1.54) is 17.2 Å². The molecule has 37 heavy (non-hydrogen) atoms. The van der Waals surface area contributed by atoms with Crippen molar-refractivity contribution in [2.75, 3.05) is 18.5 Å². The molecule has 5 rings (SSSR count). The summed E-state index contributed by atoms with van der Waals surface area (Å²) >= 11 is 0. The summed E-state index contributed by atoms with van der Waals surface area (Å²) in [7, 11) is 0. The smallest absolute Gasteiger partial charge is 0.263 e. The van der Waals surface area contributed by atoms with E-state index in [-0.39, 0.29) is 23.6 Å². The Kier molecular flexibility index (Phi) is 7.19. The lowest BCUT2D eigenvalue weighted by atomic mass is 10.1. The molecule has 2 aromatic heterocycles. The molecule has 0 aliphatic carbocycles. The first-order valence-corrected chi connectivity index (χ1v) is 11.6. The quantitative estimate of drug-likeness (QED) is 0.263. The van der Waals surface area contributed by atoms with Crippen LogP contribution in [0.15, 0.2) is 67.3 Å². The van der Waals surface area contributed by atoms with Gasteiger partial charge in [-0.25, -0.2) is 15.0 Å². The van der Waals surface area contributed by atoms with Crippen molar-refractivity contribution in [2.24, 2.45) is 0 Å². The van der Waals surface area contributed by atoms with Gasteiger partial charge in [0.1, 0.15) is 30.4 Å². The van der Waals surface area contributed by atoms with Gasteiger partial charge in [-0.05, 0) is 23.3 Å². The second kappa shape index (κ2) is 10.8. The third-order valence-electron chi connectivity index (χ3n) is 5.93. The van der Waals surface area contributed by atoms with Crippen LogP contribution in [0.5, 0.6) is 5.75 Å². The number of aliphatic hydroxyl groups excluding tert-OH is 3. The van der Waals surface area contributed by atoms with E-state index >= 15 is 0 Å². The van der Waals surface area contributed by atoms with Crippen LogP contribution in [0.25, 0.3) is 23.3 Å². The number of hydrogen-bond acceptors (Lipinski definition) is 9. The zero-order chi connectivity index (χ0) is 25.8. The zero-order valence-electron chi connectivity index (χ0n) is 19.6. The monoisotopic (exact) mass is 503 g/mol. The molecule has 11 heteroatoms. The van der Waals surface area contributed by atoms with Crippen molar-refractivity contribution in [2.45, 2.75) is 24.5 Å². The lowest BCUT2D eigenvalue weighted by molar-refractivity contribution is -0.118. The van der Waals surface area contributed by atoms with Gasteiger partial charge in [-0.1, -0.05) is 54.6 Å². The number of hydrogen-bond donors (Lipinski definition) is 4. The van der Waals surface area contributed by atoms with Gasteiger partial charge in [0.15, 0.2) is 29.8 Å². The first-order chi connectivity index (χ1) is 18.0. The molecule has 1 aliphatic heterocycles. The Morgan fingerprint density at radius 1 is 1.00 bits per heavy atom. The van der Waals surface area contributed by atoms with Gasteiger partial charge in [0.05, 0.1) is 12.9 Å². The Labute approximate surface area is 211 Å². The third-order valence-corrected chi connectivity index (χ3v) is 5.93. The summed E-state index contributed by atoms with van der Waals surface area (Å²) in [6, 6.07) is 17.3. The number of anilines is 1. The number of aliphatic hydroxyl groups is 3. The minimum Gasteiger partial charge on any atom is -0.484 e. The van der Waals surface area contributed by atoms with E-state index in [0.717, 1.165) is 11.1 Å². The fraction of sp³-hybridized carbons (Fsp3) is 0.231. The molecule has 1 fully saturated rings. The van der Waals surface area contributed by atoms with E-state index < -0.39 is 37.1 Å². The molecule has 0 bridgehead atoms. The van der Waals surface area contributed by atoms with Gasteiger partial charge in [-0.3, -0.25) is 9.36 Å². The number of carbonyl (C=O) groups is 1. The van der Waals surface area contributed by atoms with Crippen LogP contribution >= 0.6 is 0 Å². The molecule has 1 amide bonds. The number of fused-ring (bicyclic) bond motifs is 1. The number of nitrogens with zero attached hydrogens (tertiary/aromatic N) is 4. The first kappa shape index (κ1) is 24.5. The lowest BCUT2D eigenvalue weighted by Gasteiger charge is -2.16. The van der Waals surface area contributed by atoms with Gasteiger partial charge in [-0.15, -0.1) is 0 Å². The van der Waals surface area contributed by atoms with E-state index in [1.54, 1.807) is 12.1 Å². The molecule has 0 radical (unpaired) electrons. The fourth-order valence-corrected chi connectivity index (χ4v) is 3.99. The molecule has 0 spiro atoms. The summed E-state index contributed by atoms with van der Waals surface area (Å²) in [4.78, 5) is 25.0. The summed E-state index contributed by atoms with van der Waals surface area (Å²) < 4.78 is 12.6. The maximum absolute atomic E-state index is 12.5. The van der Waals surface area contributed by atoms with Crippen LogP contribution in [0.2, 0.25) is 0 Å². The number of aromatic nitrogens is 4. The predicted octanol–water partition coefficient (Wildman–Crippen LogP) is 1.63. The second-order valence-corrected chi connectivity index (χ2v) is 8.43. The molecular formula is C26H25N5O6. The first-order valence-electron chi connectivity index (χ1n) is 11.6. The summed E-state index contributed by atoms with van der Waals surface area (Å²) in [5.41, 5.74) is 2.64. The van der Waals surface area contributed by atoms with Crippen molar-refractivity contribution in [1.29, 1.82) is 0 Å². The Balaban J connectivity index is 1.21. The Morgan fingerprint density at radius 3 is 2.43 bits per heavy atom. The molecule has 4 aromatic rings. The average Bonchev–Trinajstić information content (AvgIpc) is 3.48. The minimum atomic E-state index is -1.30. The number of amides is 1. The molecule has 1 aliphatic rings. The average molecular weight is 504 g/mol. The molecule has 190 valence electrons. The van der Waals surface area contributed by atoms with Crippen molar-refractivity contribution in [1.82, 2.24) is 19.5 Å². The molecule has 4 atom stereocenters. The van der Waals surface area contributed by atoms with Gasteiger partial charge in [0.25, 0.3) is 5.91 Å². The summed E-state index contributed by atoms with van der Waals surface area (Å²) in [6.07, 6.45) is 2.09. The van der Waals surface area contributed by atoms with Gasteiger partial charge >= 0.3 is 0 Å². The van der Waals surface area contributed by atoms with Crippen molar-refractivity contribution in [3.8, 4) is 5.75 Å². The van der Waals surface area contributed by atoms with Gasteiger partial charge in [0, 0.05) is 0 Å². The van der Waals surface area contributed by atoms with Crippen LogP contribution in [0, 0.1) is 0 Å². The number of benzene rings is 2. The van der Waals surface area contributed by atoms with Gasteiger partial charge in [0.2, 0.25) is 0 Å². The number of imidazole rings is 1. The number of rotatable bonds is 8. The lowest BCUT2D eigenvalue weighted by Crippen LogP contribution is -2.33. The molecule has 11 nitrogen and oxygen atoms in total. The van der Waals surface area contributed by atoms with Gasteiger partial charge < -0.3 is 30.1 Å². The van der Waals surface area contributed by atoms with Crippen LogP contribution in [0.4, 0.5) is 5.82 Å². The number of ether oxygens (including phenoxy) is 2. The van der Waals surface area contributed by atoms with Crippen LogP contribution < -0.4 is 10.1 Å². The number of nitrogens with one attached hydrogen (secondary N) is 1. The highest BCUT2D eigenvalue weighted by Crippen LogP contribution is 2.32. The summed E-state index contributed by atoms with van der Waals surface area (Å²) in [5, 5.41) is 32.3.